The molecule has 0 fully saturated rings. The number of aliphatic hydroxyl groups is 1. The second-order valence-corrected chi connectivity index (χ2v) is 17.5. The van der Waals surface area contributed by atoms with Crippen molar-refractivity contribution in [3.63, 3.8) is 0 Å². The minimum atomic E-state index is 0.00262. The third kappa shape index (κ3) is 39.7. The van der Waals surface area contributed by atoms with E-state index in [-0.39, 0.29) is 18.5 Å². The normalized spacial score (nSPS) is 12.2. The molecule has 0 aliphatic rings. The molecule has 0 bridgehead atoms. The highest BCUT2D eigenvalue weighted by atomic mass is 16.5. The summed E-state index contributed by atoms with van der Waals surface area (Å²) in [5.74, 6) is 1.08. The van der Waals surface area contributed by atoms with Crippen LogP contribution in [-0.2, 0) is 19.1 Å². The third-order valence-electron chi connectivity index (χ3n) is 11.9. The first kappa shape index (κ1) is 54.9. The van der Waals surface area contributed by atoms with Crippen LogP contribution in [0.15, 0.2) is 0 Å². The van der Waals surface area contributed by atoms with Gasteiger partial charge in [0, 0.05) is 19.4 Å². The maximum Gasteiger partial charge on any atom is 0.305 e. The standard InChI is InChI=1S/C50H99NO5/c1-5-9-13-17-20-28-38-48(37-27-16-12-8-4)46-56-50(54)40-30-22-19-24-32-42-51(43-33-34-44-52)41-31-23-18-21-29-39-49(53)55-45-47(35-25-14-10-6-2)36-26-15-11-7-3/h47-48,52H,5-46H2,1-4H3. The molecular formula is C50H99NO5. The van der Waals surface area contributed by atoms with E-state index < -0.39 is 0 Å². The van der Waals surface area contributed by atoms with Gasteiger partial charge in [-0.25, -0.2) is 0 Å². The summed E-state index contributed by atoms with van der Waals surface area (Å²) in [7, 11) is 0. The number of carbonyl (C=O) groups is 2. The van der Waals surface area contributed by atoms with Crippen molar-refractivity contribution in [3.8, 4) is 0 Å². The fraction of sp³-hybridized carbons (Fsp3) is 0.960. The summed E-state index contributed by atoms with van der Waals surface area (Å²) in [5, 5.41) is 9.31. The molecule has 1 atom stereocenters. The lowest BCUT2D eigenvalue weighted by Gasteiger charge is -2.22. The first-order valence-corrected chi connectivity index (χ1v) is 25.1. The van der Waals surface area contributed by atoms with Crippen LogP contribution in [0.25, 0.3) is 0 Å². The number of nitrogens with zero attached hydrogens (tertiary/aromatic N) is 1. The monoisotopic (exact) mass is 794 g/mol. The molecule has 6 heteroatoms. The molecule has 334 valence electrons. The highest BCUT2D eigenvalue weighted by Crippen LogP contribution is 2.21. The minimum Gasteiger partial charge on any atom is -0.465 e. The fourth-order valence-electron chi connectivity index (χ4n) is 8.03. The first-order valence-electron chi connectivity index (χ1n) is 25.1. The van der Waals surface area contributed by atoms with Gasteiger partial charge in [0.1, 0.15) is 0 Å². The van der Waals surface area contributed by atoms with Crippen molar-refractivity contribution in [2.75, 3.05) is 39.5 Å². The Labute approximate surface area is 350 Å². The number of rotatable bonds is 46. The van der Waals surface area contributed by atoms with Crippen LogP contribution in [-0.4, -0.2) is 61.4 Å². The Kier molecular flexibility index (Phi) is 44.0. The van der Waals surface area contributed by atoms with E-state index in [9.17, 15) is 14.7 Å². The van der Waals surface area contributed by atoms with Gasteiger partial charge < -0.3 is 19.5 Å². The van der Waals surface area contributed by atoms with Crippen LogP contribution < -0.4 is 0 Å². The van der Waals surface area contributed by atoms with Gasteiger partial charge in [0.2, 0.25) is 0 Å². The van der Waals surface area contributed by atoms with E-state index >= 15 is 0 Å². The summed E-state index contributed by atoms with van der Waals surface area (Å²) < 4.78 is 11.6. The Balaban J connectivity index is 4.19. The summed E-state index contributed by atoms with van der Waals surface area (Å²) in [6.07, 6.45) is 42.5. The van der Waals surface area contributed by atoms with Gasteiger partial charge in [0.25, 0.3) is 0 Å². The molecule has 0 saturated heterocycles. The Bertz CT molecular complexity index is 794. The molecule has 0 aromatic rings. The van der Waals surface area contributed by atoms with Crippen LogP contribution in [0.3, 0.4) is 0 Å². The number of carbonyl (C=O) groups excluding carboxylic acids is 2. The second kappa shape index (κ2) is 45.0. The molecular weight excluding hydrogens is 695 g/mol. The predicted octanol–water partition coefficient (Wildman–Crippen LogP) is 14.7. The molecule has 0 spiro atoms. The van der Waals surface area contributed by atoms with Crippen LogP contribution in [0.2, 0.25) is 0 Å². The van der Waals surface area contributed by atoms with E-state index in [1.807, 2.05) is 0 Å². The van der Waals surface area contributed by atoms with Gasteiger partial charge in [0.15, 0.2) is 0 Å². The number of hydrogen-bond donors (Lipinski definition) is 1. The summed E-state index contributed by atoms with van der Waals surface area (Å²) in [6, 6.07) is 0. The number of esters is 2. The molecule has 0 rings (SSSR count). The van der Waals surface area contributed by atoms with Crippen LogP contribution in [0.5, 0.6) is 0 Å². The molecule has 0 aromatic carbocycles. The van der Waals surface area contributed by atoms with Gasteiger partial charge in [-0.05, 0) is 95.7 Å². The van der Waals surface area contributed by atoms with Gasteiger partial charge in [-0.3, -0.25) is 9.59 Å². The Morgan fingerprint density at radius 1 is 0.393 bits per heavy atom. The number of ether oxygens (including phenoxy) is 2. The van der Waals surface area contributed by atoms with E-state index in [0.717, 1.165) is 58.2 Å². The molecule has 0 aliphatic heterocycles. The lowest BCUT2D eigenvalue weighted by atomic mass is 9.95. The summed E-state index contributed by atoms with van der Waals surface area (Å²) in [5.41, 5.74) is 0. The molecule has 0 heterocycles. The zero-order chi connectivity index (χ0) is 41.0. The number of hydrogen-bond acceptors (Lipinski definition) is 6. The zero-order valence-corrected chi connectivity index (χ0v) is 38.4. The second-order valence-electron chi connectivity index (χ2n) is 17.5. The van der Waals surface area contributed by atoms with Crippen molar-refractivity contribution < 1.29 is 24.2 Å². The quantitative estimate of drug-likeness (QED) is 0.0489. The average Bonchev–Trinajstić information content (AvgIpc) is 3.20. The smallest absolute Gasteiger partial charge is 0.305 e. The molecule has 0 aliphatic carbocycles. The van der Waals surface area contributed by atoms with Crippen LogP contribution in [0.1, 0.15) is 259 Å². The maximum atomic E-state index is 12.6. The van der Waals surface area contributed by atoms with E-state index in [1.165, 1.54) is 180 Å². The summed E-state index contributed by atoms with van der Waals surface area (Å²) in [6.45, 7) is 13.9. The van der Waals surface area contributed by atoms with E-state index in [0.29, 0.717) is 37.9 Å². The van der Waals surface area contributed by atoms with Gasteiger partial charge in [-0.1, -0.05) is 182 Å². The number of unbranched alkanes of at least 4 members (excludes halogenated alkanes) is 23. The minimum absolute atomic E-state index is 0.00262. The maximum absolute atomic E-state index is 12.6. The number of aliphatic hydroxyl groups excluding tert-OH is 1. The highest BCUT2D eigenvalue weighted by molar-refractivity contribution is 5.69. The lowest BCUT2D eigenvalue weighted by Crippen LogP contribution is -2.27. The topological polar surface area (TPSA) is 76.1 Å². The lowest BCUT2D eigenvalue weighted by molar-refractivity contribution is -0.146. The molecule has 56 heavy (non-hydrogen) atoms. The molecule has 6 nitrogen and oxygen atoms in total. The Morgan fingerprint density at radius 2 is 0.679 bits per heavy atom. The van der Waals surface area contributed by atoms with Crippen LogP contribution in [0.4, 0.5) is 0 Å². The summed E-state index contributed by atoms with van der Waals surface area (Å²) in [4.78, 5) is 27.7. The Hall–Kier alpha value is -1.14. The van der Waals surface area contributed by atoms with E-state index in [2.05, 4.69) is 32.6 Å². The molecule has 0 radical (unpaired) electrons. The van der Waals surface area contributed by atoms with Gasteiger partial charge in [-0.15, -0.1) is 0 Å². The SMILES string of the molecule is CCCCCCCCC(CCCCCC)COC(=O)CCCCCCCN(CCCCO)CCCCCCCC(=O)OCC(CCCCCC)CCCCCC. The van der Waals surface area contributed by atoms with Crippen molar-refractivity contribution >= 4 is 11.9 Å². The zero-order valence-electron chi connectivity index (χ0n) is 38.4. The Morgan fingerprint density at radius 3 is 1.04 bits per heavy atom. The largest absolute Gasteiger partial charge is 0.465 e. The highest BCUT2D eigenvalue weighted by Gasteiger charge is 2.14. The molecule has 0 saturated carbocycles. The van der Waals surface area contributed by atoms with E-state index in [4.69, 9.17) is 9.47 Å². The van der Waals surface area contributed by atoms with Crippen LogP contribution in [0, 0.1) is 11.8 Å². The molecule has 1 unspecified atom stereocenters. The molecule has 0 amide bonds. The van der Waals surface area contributed by atoms with Crippen molar-refractivity contribution in [2.24, 2.45) is 11.8 Å². The van der Waals surface area contributed by atoms with Gasteiger partial charge in [0.05, 0.1) is 13.2 Å². The van der Waals surface area contributed by atoms with Crippen molar-refractivity contribution in [1.82, 2.24) is 4.90 Å². The van der Waals surface area contributed by atoms with Crippen molar-refractivity contribution in [2.45, 2.75) is 259 Å². The average molecular weight is 794 g/mol. The van der Waals surface area contributed by atoms with Crippen molar-refractivity contribution in [3.05, 3.63) is 0 Å². The first-order chi connectivity index (χ1) is 27.5. The van der Waals surface area contributed by atoms with Gasteiger partial charge >= 0.3 is 11.9 Å². The molecule has 0 aromatic heterocycles. The molecule has 1 N–H and O–H groups in total. The van der Waals surface area contributed by atoms with Gasteiger partial charge in [-0.2, -0.15) is 0 Å². The van der Waals surface area contributed by atoms with E-state index in [1.54, 1.807) is 0 Å². The van der Waals surface area contributed by atoms with Crippen molar-refractivity contribution in [1.29, 1.82) is 0 Å². The van der Waals surface area contributed by atoms with Crippen LogP contribution >= 0.6 is 0 Å². The predicted molar refractivity (Wildman–Crippen MR) is 241 cm³/mol. The third-order valence-corrected chi connectivity index (χ3v) is 11.9. The fourth-order valence-corrected chi connectivity index (χ4v) is 8.03. The summed E-state index contributed by atoms with van der Waals surface area (Å²) >= 11 is 0.